The first-order valence-electron chi connectivity index (χ1n) is 10.4. The van der Waals surface area contributed by atoms with E-state index in [0.29, 0.717) is 27.4 Å². The zero-order valence-corrected chi connectivity index (χ0v) is 18.9. The Hall–Kier alpha value is -4.21. The number of rotatable bonds is 4. The summed E-state index contributed by atoms with van der Waals surface area (Å²) in [5.41, 5.74) is 4.56. The van der Waals surface area contributed by atoms with Crippen molar-refractivity contribution in [2.45, 2.75) is 13.8 Å². The van der Waals surface area contributed by atoms with Crippen LogP contribution in [-0.4, -0.2) is 4.98 Å². The van der Waals surface area contributed by atoms with Gasteiger partial charge >= 0.3 is 5.63 Å². The first-order valence-corrected chi connectivity index (χ1v) is 11.3. The monoisotopic (exact) mass is 449 g/mol. The summed E-state index contributed by atoms with van der Waals surface area (Å²) in [6.45, 7) is 4.07. The van der Waals surface area contributed by atoms with Crippen LogP contribution in [0, 0.1) is 25.2 Å². The molecular formula is C27H19N3O2S. The summed E-state index contributed by atoms with van der Waals surface area (Å²) in [7, 11) is 0. The first-order chi connectivity index (χ1) is 16.0. The van der Waals surface area contributed by atoms with Crippen LogP contribution in [0.2, 0.25) is 0 Å². The van der Waals surface area contributed by atoms with E-state index in [2.05, 4.69) is 16.4 Å². The highest BCUT2D eigenvalue weighted by molar-refractivity contribution is 7.11. The van der Waals surface area contributed by atoms with Gasteiger partial charge in [0, 0.05) is 22.7 Å². The lowest BCUT2D eigenvalue weighted by molar-refractivity contribution is 0.563. The second kappa shape index (κ2) is 8.38. The normalized spacial score (nSPS) is 11.6. The lowest BCUT2D eigenvalue weighted by Gasteiger charge is -2.08. The van der Waals surface area contributed by atoms with Gasteiger partial charge < -0.3 is 9.73 Å². The Balaban J connectivity index is 1.54. The van der Waals surface area contributed by atoms with Crippen molar-refractivity contribution in [2.24, 2.45) is 0 Å². The Bertz CT molecular complexity index is 1650. The summed E-state index contributed by atoms with van der Waals surface area (Å²) in [6.07, 6.45) is 1.65. The van der Waals surface area contributed by atoms with E-state index in [4.69, 9.17) is 4.42 Å². The van der Waals surface area contributed by atoms with Crippen molar-refractivity contribution in [3.05, 3.63) is 98.8 Å². The van der Waals surface area contributed by atoms with E-state index in [1.807, 2.05) is 74.5 Å². The van der Waals surface area contributed by atoms with Crippen LogP contribution in [0.1, 0.15) is 16.1 Å². The molecule has 160 valence electrons. The van der Waals surface area contributed by atoms with E-state index in [9.17, 15) is 10.1 Å². The molecule has 6 heteroatoms. The number of nitrogens with zero attached hydrogens (tertiary/aromatic N) is 2. The smallest absolute Gasteiger partial charge is 0.345 e. The minimum atomic E-state index is -0.453. The van der Waals surface area contributed by atoms with Gasteiger partial charge in [-0.1, -0.05) is 42.5 Å². The number of allylic oxidation sites excluding steroid dienone is 1. The number of hydrogen-bond acceptors (Lipinski definition) is 6. The van der Waals surface area contributed by atoms with Crippen LogP contribution in [0.5, 0.6) is 0 Å². The summed E-state index contributed by atoms with van der Waals surface area (Å²) in [5, 5.41) is 18.1. The van der Waals surface area contributed by atoms with Crippen LogP contribution in [0.4, 0.5) is 5.69 Å². The van der Waals surface area contributed by atoms with E-state index >= 15 is 0 Å². The SMILES string of the molecule is Cc1cccc(N/C=C(/C#N)c2nc(-c3cc4c(ccc5ccccc54)oc3=O)cs2)c1C. The largest absolute Gasteiger partial charge is 0.422 e. The fourth-order valence-electron chi connectivity index (χ4n) is 3.77. The molecule has 2 heterocycles. The van der Waals surface area contributed by atoms with Crippen molar-refractivity contribution in [3.63, 3.8) is 0 Å². The van der Waals surface area contributed by atoms with Gasteiger partial charge in [0.1, 0.15) is 22.2 Å². The Morgan fingerprint density at radius 3 is 2.79 bits per heavy atom. The van der Waals surface area contributed by atoms with Gasteiger partial charge in [-0.25, -0.2) is 9.78 Å². The van der Waals surface area contributed by atoms with E-state index in [-0.39, 0.29) is 0 Å². The third kappa shape index (κ3) is 3.79. The molecule has 1 N–H and O–H groups in total. The molecule has 5 nitrogen and oxygen atoms in total. The number of nitrogens with one attached hydrogen (secondary N) is 1. The topological polar surface area (TPSA) is 78.9 Å². The third-order valence-electron chi connectivity index (χ3n) is 5.75. The van der Waals surface area contributed by atoms with Crippen LogP contribution in [0.3, 0.4) is 0 Å². The molecule has 3 aromatic carbocycles. The number of benzene rings is 3. The highest BCUT2D eigenvalue weighted by atomic mass is 32.1. The predicted octanol–water partition coefficient (Wildman–Crippen LogP) is 6.66. The van der Waals surface area contributed by atoms with Crippen LogP contribution in [-0.2, 0) is 0 Å². The van der Waals surface area contributed by atoms with Gasteiger partial charge in [0.25, 0.3) is 0 Å². The number of aromatic nitrogens is 1. The Labute approximate surface area is 194 Å². The molecule has 0 saturated carbocycles. The molecule has 0 fully saturated rings. The summed E-state index contributed by atoms with van der Waals surface area (Å²) < 4.78 is 5.60. The molecule has 0 unspecified atom stereocenters. The van der Waals surface area contributed by atoms with E-state index in [1.54, 1.807) is 11.6 Å². The van der Waals surface area contributed by atoms with Gasteiger partial charge in [0.2, 0.25) is 0 Å². The number of hydrogen-bond donors (Lipinski definition) is 1. The van der Waals surface area contributed by atoms with Gasteiger partial charge in [-0.05, 0) is 53.9 Å². The molecule has 0 radical (unpaired) electrons. The van der Waals surface area contributed by atoms with Gasteiger partial charge in [0.15, 0.2) is 0 Å². The summed E-state index contributed by atoms with van der Waals surface area (Å²) in [4.78, 5) is 17.3. The van der Waals surface area contributed by atoms with Crippen molar-refractivity contribution in [3.8, 4) is 17.3 Å². The molecule has 2 aromatic heterocycles. The number of nitriles is 1. The van der Waals surface area contributed by atoms with Crippen LogP contribution >= 0.6 is 11.3 Å². The molecule has 0 bridgehead atoms. The lowest BCUT2D eigenvalue weighted by atomic mass is 10.0. The number of thiazole rings is 1. The minimum Gasteiger partial charge on any atom is -0.422 e. The second-order valence-corrected chi connectivity index (χ2v) is 8.60. The quantitative estimate of drug-likeness (QED) is 0.188. The van der Waals surface area contributed by atoms with Crippen molar-refractivity contribution < 1.29 is 4.42 Å². The van der Waals surface area contributed by atoms with Crippen LogP contribution < -0.4 is 10.9 Å². The highest BCUT2D eigenvalue weighted by Crippen LogP contribution is 2.30. The van der Waals surface area contributed by atoms with Crippen molar-refractivity contribution in [1.82, 2.24) is 4.98 Å². The molecule has 0 spiro atoms. The molecule has 0 atom stereocenters. The van der Waals surface area contributed by atoms with Gasteiger partial charge in [-0.15, -0.1) is 11.3 Å². The molecule has 0 aliphatic rings. The number of fused-ring (bicyclic) bond motifs is 3. The Kier molecular flexibility index (Phi) is 5.25. The Morgan fingerprint density at radius 1 is 1.09 bits per heavy atom. The fourth-order valence-corrected chi connectivity index (χ4v) is 4.56. The minimum absolute atomic E-state index is 0.376. The van der Waals surface area contributed by atoms with Crippen LogP contribution in [0.25, 0.3) is 38.6 Å². The van der Waals surface area contributed by atoms with Gasteiger partial charge in [0.05, 0.1) is 11.3 Å². The molecule has 5 rings (SSSR count). The maximum atomic E-state index is 12.7. The molecule has 0 amide bonds. The fraction of sp³-hybridized carbons (Fsp3) is 0.0741. The number of anilines is 1. The van der Waals surface area contributed by atoms with E-state index in [0.717, 1.165) is 27.4 Å². The zero-order chi connectivity index (χ0) is 22.9. The molecule has 5 aromatic rings. The van der Waals surface area contributed by atoms with Crippen LogP contribution in [0.15, 0.2) is 81.5 Å². The van der Waals surface area contributed by atoms with Crippen molar-refractivity contribution in [2.75, 3.05) is 5.32 Å². The maximum absolute atomic E-state index is 12.7. The summed E-state index contributed by atoms with van der Waals surface area (Å²) in [5.74, 6) is 0. The molecular weight excluding hydrogens is 430 g/mol. The molecule has 33 heavy (non-hydrogen) atoms. The average Bonchev–Trinajstić information content (AvgIpc) is 3.31. The van der Waals surface area contributed by atoms with E-state index in [1.165, 1.54) is 16.9 Å². The lowest BCUT2D eigenvalue weighted by Crippen LogP contribution is -2.03. The average molecular weight is 450 g/mol. The second-order valence-electron chi connectivity index (χ2n) is 7.75. The highest BCUT2D eigenvalue weighted by Gasteiger charge is 2.15. The Morgan fingerprint density at radius 2 is 1.94 bits per heavy atom. The zero-order valence-electron chi connectivity index (χ0n) is 18.0. The molecule has 0 aliphatic heterocycles. The standard InChI is InChI=1S/C27H19N3O2S/c1-16-6-5-9-23(17(16)2)29-14-19(13-28)26-30-24(15-33-26)22-12-21-20-8-4-3-7-18(20)10-11-25(21)32-27(22)31/h3-12,14-15,29H,1-2H3/b19-14-. The molecule has 0 saturated heterocycles. The molecule has 0 aliphatic carbocycles. The van der Waals surface area contributed by atoms with Gasteiger partial charge in [-0.3, -0.25) is 0 Å². The van der Waals surface area contributed by atoms with Crippen molar-refractivity contribution >= 4 is 44.3 Å². The van der Waals surface area contributed by atoms with Crippen molar-refractivity contribution in [1.29, 1.82) is 5.26 Å². The maximum Gasteiger partial charge on any atom is 0.345 e. The van der Waals surface area contributed by atoms with E-state index < -0.39 is 5.63 Å². The summed E-state index contributed by atoms with van der Waals surface area (Å²) >= 11 is 1.31. The third-order valence-corrected chi connectivity index (χ3v) is 6.63. The van der Waals surface area contributed by atoms with Gasteiger partial charge in [-0.2, -0.15) is 5.26 Å². The first kappa shape index (κ1) is 20.7. The summed E-state index contributed by atoms with van der Waals surface area (Å²) in [6, 6.07) is 21.7. The predicted molar refractivity (Wildman–Crippen MR) is 134 cm³/mol. The number of aryl methyl sites for hydroxylation is 1.